The van der Waals surface area contributed by atoms with Gasteiger partial charge in [-0.05, 0) is 91.1 Å². The molecule has 2 N–H and O–H groups in total. The molecule has 0 atom stereocenters. The maximum absolute atomic E-state index is 12.2. The lowest BCUT2D eigenvalue weighted by molar-refractivity contribution is 0.595. The highest BCUT2D eigenvalue weighted by atomic mass is 79.9. The fraction of sp³-hybridized carbons (Fsp3) is 0.185. The van der Waals surface area contributed by atoms with Crippen LogP contribution in [-0.2, 0) is 31.9 Å². The van der Waals surface area contributed by atoms with Gasteiger partial charge >= 0.3 is 0 Å². The Morgan fingerprint density at radius 1 is 0.769 bits per heavy atom. The van der Waals surface area contributed by atoms with Crippen molar-refractivity contribution in [2.45, 2.75) is 36.6 Å². The number of benzene rings is 2. The van der Waals surface area contributed by atoms with Gasteiger partial charge in [-0.3, -0.25) is 9.97 Å². The minimum absolute atomic E-state index is 0.0970. The molecule has 2 heterocycles. The van der Waals surface area contributed by atoms with Crippen LogP contribution in [0.1, 0.15) is 22.3 Å². The average molecular weight is 718 g/mol. The number of pyridine rings is 2. The van der Waals surface area contributed by atoms with Crippen LogP contribution in [0.5, 0.6) is 0 Å². The van der Waals surface area contributed by atoms with Crippen molar-refractivity contribution in [1.29, 1.82) is 0 Å². The summed E-state index contributed by atoms with van der Waals surface area (Å²) >= 11 is 6.63. The number of sulfone groups is 1. The number of halogens is 3. The molecule has 0 saturated heterocycles. The summed E-state index contributed by atoms with van der Waals surface area (Å²) < 4.78 is 47.9. The lowest BCUT2D eigenvalue weighted by Crippen LogP contribution is -2.09. The van der Waals surface area contributed by atoms with Crippen molar-refractivity contribution in [3.05, 3.63) is 117 Å². The molecule has 0 spiro atoms. The molecule has 0 bridgehead atoms. The van der Waals surface area contributed by atoms with E-state index in [2.05, 4.69) is 41.8 Å². The van der Waals surface area contributed by atoms with Crippen molar-refractivity contribution in [3.8, 4) is 0 Å². The van der Waals surface area contributed by atoms with Crippen molar-refractivity contribution in [2.75, 3.05) is 5.75 Å². The SMILES string of the molecule is Cc1cc(S(=O)(=O)CCc2cccnc2)ccc1Br.Cc1cc(S(=O)(=O)Cl)ccc1Br.NCc1cccnc1. The van der Waals surface area contributed by atoms with Gasteiger partial charge in [0.1, 0.15) is 0 Å². The fourth-order valence-electron chi connectivity index (χ4n) is 3.01. The van der Waals surface area contributed by atoms with Gasteiger partial charge in [-0.2, -0.15) is 0 Å². The zero-order valence-electron chi connectivity index (χ0n) is 21.3. The van der Waals surface area contributed by atoms with Gasteiger partial charge in [0, 0.05) is 51.0 Å². The topological polar surface area (TPSA) is 120 Å². The van der Waals surface area contributed by atoms with Gasteiger partial charge in [0.05, 0.1) is 15.5 Å². The zero-order chi connectivity index (χ0) is 29.1. The Kier molecular flexibility index (Phi) is 13.2. The predicted octanol–water partition coefficient (Wildman–Crippen LogP) is 6.39. The van der Waals surface area contributed by atoms with Crippen molar-refractivity contribution >= 4 is 61.4 Å². The number of rotatable bonds is 6. The van der Waals surface area contributed by atoms with Crippen LogP contribution in [0, 0.1) is 13.8 Å². The first kappa shape index (κ1) is 33.1. The molecule has 7 nitrogen and oxygen atoms in total. The smallest absolute Gasteiger partial charge is 0.261 e. The number of nitrogens with zero attached hydrogens (tertiary/aromatic N) is 2. The summed E-state index contributed by atoms with van der Waals surface area (Å²) in [6.45, 7) is 4.26. The first-order valence-electron chi connectivity index (χ1n) is 11.5. The van der Waals surface area contributed by atoms with E-state index in [0.29, 0.717) is 17.9 Å². The van der Waals surface area contributed by atoms with Gasteiger partial charge in [0.2, 0.25) is 0 Å². The largest absolute Gasteiger partial charge is 0.326 e. The highest BCUT2D eigenvalue weighted by Gasteiger charge is 2.15. The Morgan fingerprint density at radius 3 is 1.67 bits per heavy atom. The fourth-order valence-corrected chi connectivity index (χ4v) is 5.72. The maximum Gasteiger partial charge on any atom is 0.261 e. The van der Waals surface area contributed by atoms with E-state index in [1.54, 1.807) is 56.0 Å². The molecule has 0 aliphatic heterocycles. The highest BCUT2D eigenvalue weighted by Crippen LogP contribution is 2.22. The average Bonchev–Trinajstić information content (AvgIpc) is 2.92. The van der Waals surface area contributed by atoms with Crippen LogP contribution in [0.2, 0.25) is 0 Å². The van der Waals surface area contributed by atoms with E-state index >= 15 is 0 Å². The zero-order valence-corrected chi connectivity index (χ0v) is 26.8. The summed E-state index contributed by atoms with van der Waals surface area (Å²) in [4.78, 5) is 8.36. The molecule has 0 amide bonds. The normalized spacial score (nSPS) is 11.0. The summed E-state index contributed by atoms with van der Waals surface area (Å²) in [7, 11) is -1.70. The van der Waals surface area contributed by atoms with Gasteiger partial charge in [-0.15, -0.1) is 0 Å². The van der Waals surface area contributed by atoms with Crippen LogP contribution in [0.25, 0.3) is 0 Å². The third-order valence-electron chi connectivity index (χ3n) is 5.24. The van der Waals surface area contributed by atoms with Crippen LogP contribution >= 0.6 is 42.5 Å². The summed E-state index contributed by atoms with van der Waals surface area (Å²) in [6, 6.07) is 17.3. The third-order valence-corrected chi connectivity index (χ3v) is 10.1. The standard InChI is InChI=1S/C14H14BrNO2S.C7H6BrClO2S.C6H8N2/c1-11-9-13(4-5-14(11)15)19(17,18)8-6-12-3-2-7-16-10-12;1-5-4-6(12(9,10)11)2-3-7(5)8;7-4-6-2-1-3-8-5-6/h2-5,7,9-10H,6,8H2,1H3;2-4H,1H3;1-3,5H,4,7H2. The molecular weight excluding hydrogens is 690 g/mol. The lowest BCUT2D eigenvalue weighted by Gasteiger charge is -2.06. The molecule has 39 heavy (non-hydrogen) atoms. The van der Waals surface area contributed by atoms with E-state index in [9.17, 15) is 16.8 Å². The molecule has 0 unspecified atom stereocenters. The minimum Gasteiger partial charge on any atom is -0.326 e. The molecule has 0 aliphatic carbocycles. The summed E-state index contributed by atoms with van der Waals surface area (Å²) in [6.07, 6.45) is 7.35. The first-order chi connectivity index (χ1) is 18.3. The number of hydrogen-bond donors (Lipinski definition) is 1. The van der Waals surface area contributed by atoms with Crippen LogP contribution in [0.15, 0.2) is 104 Å². The predicted molar refractivity (Wildman–Crippen MR) is 163 cm³/mol. The van der Waals surface area contributed by atoms with Gasteiger partial charge < -0.3 is 5.73 Å². The van der Waals surface area contributed by atoms with Gasteiger partial charge in [-0.25, -0.2) is 16.8 Å². The Morgan fingerprint density at radius 2 is 1.26 bits per heavy atom. The first-order valence-corrected chi connectivity index (χ1v) is 17.1. The monoisotopic (exact) mass is 715 g/mol. The van der Waals surface area contributed by atoms with Crippen molar-refractivity contribution in [1.82, 2.24) is 9.97 Å². The summed E-state index contributed by atoms with van der Waals surface area (Å²) in [5.41, 5.74) is 9.08. The molecule has 0 radical (unpaired) electrons. The second kappa shape index (κ2) is 15.6. The molecule has 4 aromatic rings. The molecule has 12 heteroatoms. The minimum atomic E-state index is -3.59. The molecule has 0 saturated carbocycles. The molecule has 2 aromatic carbocycles. The van der Waals surface area contributed by atoms with Gasteiger partial charge in [0.25, 0.3) is 9.05 Å². The quantitative estimate of drug-likeness (QED) is 0.230. The summed E-state index contributed by atoms with van der Waals surface area (Å²) in [5.74, 6) is 0.0970. The second-order valence-electron chi connectivity index (χ2n) is 8.26. The molecular formula is C27H28Br2ClN3O4S2. The Hall–Kier alpha value is -2.15. The number of aryl methyl sites for hydroxylation is 3. The van der Waals surface area contributed by atoms with E-state index in [-0.39, 0.29) is 10.6 Å². The van der Waals surface area contributed by atoms with Crippen molar-refractivity contribution in [3.63, 3.8) is 0 Å². The van der Waals surface area contributed by atoms with Crippen LogP contribution in [-0.4, -0.2) is 32.6 Å². The highest BCUT2D eigenvalue weighted by molar-refractivity contribution is 9.10. The van der Waals surface area contributed by atoms with Crippen LogP contribution < -0.4 is 5.73 Å². The molecule has 2 aromatic heterocycles. The van der Waals surface area contributed by atoms with E-state index in [4.69, 9.17) is 16.4 Å². The number of aromatic nitrogens is 2. The third kappa shape index (κ3) is 11.5. The molecule has 208 valence electrons. The van der Waals surface area contributed by atoms with Crippen molar-refractivity contribution in [2.24, 2.45) is 5.73 Å². The van der Waals surface area contributed by atoms with E-state index < -0.39 is 18.9 Å². The van der Waals surface area contributed by atoms with Gasteiger partial charge in [-0.1, -0.05) is 44.0 Å². The Bertz CT molecular complexity index is 1570. The number of hydrogen-bond acceptors (Lipinski definition) is 7. The molecule has 0 aliphatic rings. The van der Waals surface area contributed by atoms with E-state index in [1.807, 2.05) is 31.2 Å². The Labute approximate surface area is 251 Å². The van der Waals surface area contributed by atoms with Crippen LogP contribution in [0.3, 0.4) is 0 Å². The molecule has 0 fully saturated rings. The molecule has 4 rings (SSSR count). The Balaban J connectivity index is 0.000000227. The summed E-state index contributed by atoms with van der Waals surface area (Å²) in [5, 5.41) is 0. The number of nitrogens with two attached hydrogens (primary N) is 1. The van der Waals surface area contributed by atoms with Crippen molar-refractivity contribution < 1.29 is 16.8 Å². The van der Waals surface area contributed by atoms with E-state index in [0.717, 1.165) is 31.2 Å². The van der Waals surface area contributed by atoms with E-state index in [1.165, 1.54) is 12.1 Å². The lowest BCUT2D eigenvalue weighted by atomic mass is 10.2. The van der Waals surface area contributed by atoms with Gasteiger partial charge in [0.15, 0.2) is 9.84 Å². The second-order valence-corrected chi connectivity index (χ2v) is 14.6. The maximum atomic E-state index is 12.2. The van der Waals surface area contributed by atoms with Crippen LogP contribution in [0.4, 0.5) is 0 Å².